The average Bonchev–Trinajstić information content (AvgIpc) is 2.95. The highest BCUT2D eigenvalue weighted by Crippen LogP contribution is 2.18. The summed E-state index contributed by atoms with van der Waals surface area (Å²) in [6.07, 6.45) is 2.17. The van der Waals surface area contributed by atoms with Crippen molar-refractivity contribution in [1.82, 2.24) is 25.0 Å². The first-order valence-electron chi connectivity index (χ1n) is 8.70. The van der Waals surface area contributed by atoms with E-state index in [1.54, 1.807) is 4.40 Å². The zero-order valence-corrected chi connectivity index (χ0v) is 16.3. The van der Waals surface area contributed by atoms with Crippen LogP contribution in [-0.4, -0.2) is 44.2 Å². The van der Waals surface area contributed by atoms with Crippen molar-refractivity contribution in [2.24, 2.45) is 5.73 Å². The van der Waals surface area contributed by atoms with E-state index in [1.807, 2.05) is 34.6 Å². The lowest BCUT2D eigenvalue weighted by molar-refractivity contribution is -0.126. The Morgan fingerprint density at radius 1 is 1.19 bits per heavy atom. The van der Waals surface area contributed by atoms with Gasteiger partial charge in [0.2, 0.25) is 11.8 Å². The number of nitrogens with one attached hydrogen (secondary N) is 2. The molecule has 0 aliphatic heterocycles. The third-order valence-electron chi connectivity index (χ3n) is 4.05. The van der Waals surface area contributed by atoms with Crippen LogP contribution in [0, 0.1) is 13.8 Å². The van der Waals surface area contributed by atoms with Crippen LogP contribution in [0.1, 0.15) is 54.6 Å². The van der Waals surface area contributed by atoms with Crippen molar-refractivity contribution >= 4 is 23.4 Å². The highest BCUT2D eigenvalue weighted by molar-refractivity contribution is 5.96. The molecule has 0 saturated heterocycles. The van der Waals surface area contributed by atoms with E-state index in [1.165, 1.54) is 6.33 Å². The van der Waals surface area contributed by atoms with Crippen molar-refractivity contribution < 1.29 is 14.4 Å². The molecule has 146 valence electrons. The van der Waals surface area contributed by atoms with Gasteiger partial charge in [0.05, 0.1) is 6.54 Å². The van der Waals surface area contributed by atoms with E-state index in [0.717, 1.165) is 11.3 Å². The summed E-state index contributed by atoms with van der Waals surface area (Å²) < 4.78 is 1.69. The van der Waals surface area contributed by atoms with E-state index in [2.05, 4.69) is 20.6 Å². The lowest BCUT2D eigenvalue weighted by Gasteiger charge is -2.20. The molecule has 0 unspecified atom stereocenters. The van der Waals surface area contributed by atoms with E-state index in [9.17, 15) is 14.4 Å². The lowest BCUT2D eigenvalue weighted by Crippen LogP contribution is -2.45. The molecule has 9 heteroatoms. The van der Waals surface area contributed by atoms with Crippen molar-refractivity contribution in [3.63, 3.8) is 0 Å². The fraction of sp³-hybridized carbons (Fsp3) is 0.500. The van der Waals surface area contributed by atoms with E-state index in [0.29, 0.717) is 17.8 Å². The van der Waals surface area contributed by atoms with Crippen LogP contribution in [0.25, 0.3) is 5.65 Å². The molecule has 2 aromatic heterocycles. The average molecular weight is 374 g/mol. The second-order valence-corrected chi connectivity index (χ2v) is 7.49. The number of aryl methyl sites for hydroxylation is 2. The number of fused-ring (bicyclic) bond motifs is 1. The van der Waals surface area contributed by atoms with Crippen LogP contribution in [0.3, 0.4) is 0 Å². The number of hydrogen-bond acceptors (Lipinski definition) is 5. The van der Waals surface area contributed by atoms with Gasteiger partial charge in [0, 0.05) is 23.3 Å². The quantitative estimate of drug-likeness (QED) is 0.674. The normalized spacial score (nSPS) is 11.4. The molecule has 0 radical (unpaired) electrons. The Kier molecular flexibility index (Phi) is 5.82. The van der Waals surface area contributed by atoms with Gasteiger partial charge < -0.3 is 16.4 Å². The number of nitrogens with two attached hydrogens (primary N) is 1. The minimum atomic E-state index is -0.635. The molecular formula is C18H26N6O3. The van der Waals surface area contributed by atoms with E-state index >= 15 is 0 Å². The number of carbonyl (C=O) groups excluding carboxylic acids is 3. The Morgan fingerprint density at radius 2 is 1.85 bits per heavy atom. The van der Waals surface area contributed by atoms with Crippen LogP contribution >= 0.6 is 0 Å². The van der Waals surface area contributed by atoms with Crippen LogP contribution in [0.15, 0.2) is 6.33 Å². The summed E-state index contributed by atoms with van der Waals surface area (Å²) in [5, 5.41) is 5.41. The van der Waals surface area contributed by atoms with Gasteiger partial charge in [0.25, 0.3) is 5.91 Å². The maximum absolute atomic E-state index is 12.1. The maximum Gasteiger partial charge on any atom is 0.271 e. The number of nitrogens with zero attached hydrogens (tertiary/aromatic N) is 3. The second-order valence-electron chi connectivity index (χ2n) is 7.49. The molecule has 2 rings (SSSR count). The predicted octanol–water partition coefficient (Wildman–Crippen LogP) is 0.409. The molecule has 0 bridgehead atoms. The van der Waals surface area contributed by atoms with E-state index < -0.39 is 5.91 Å². The molecule has 3 amide bonds. The van der Waals surface area contributed by atoms with Gasteiger partial charge in [-0.05, 0) is 46.6 Å². The summed E-state index contributed by atoms with van der Waals surface area (Å²) in [4.78, 5) is 43.7. The minimum Gasteiger partial charge on any atom is -0.364 e. The smallest absolute Gasteiger partial charge is 0.271 e. The molecule has 0 aromatic carbocycles. The van der Waals surface area contributed by atoms with Gasteiger partial charge in [0.15, 0.2) is 11.3 Å². The number of carbonyl (C=O) groups is 3. The van der Waals surface area contributed by atoms with E-state index in [-0.39, 0.29) is 36.0 Å². The number of imidazole rings is 1. The summed E-state index contributed by atoms with van der Waals surface area (Å²) in [7, 11) is 0. The Hall–Kier alpha value is -2.97. The third-order valence-corrected chi connectivity index (χ3v) is 4.05. The fourth-order valence-electron chi connectivity index (χ4n) is 2.83. The fourth-order valence-corrected chi connectivity index (χ4v) is 2.83. The molecule has 9 nitrogen and oxygen atoms in total. The van der Waals surface area contributed by atoms with Crippen LogP contribution in [0.2, 0.25) is 0 Å². The lowest BCUT2D eigenvalue weighted by atomic mass is 10.1. The zero-order chi connectivity index (χ0) is 20.4. The molecule has 2 heterocycles. The van der Waals surface area contributed by atoms with Crippen molar-refractivity contribution in [3.05, 3.63) is 29.0 Å². The highest BCUT2D eigenvalue weighted by atomic mass is 16.2. The van der Waals surface area contributed by atoms with Gasteiger partial charge in [-0.25, -0.2) is 9.97 Å². The Balaban J connectivity index is 2.03. The zero-order valence-electron chi connectivity index (χ0n) is 16.3. The highest BCUT2D eigenvalue weighted by Gasteiger charge is 2.18. The van der Waals surface area contributed by atoms with Crippen LogP contribution in [-0.2, 0) is 16.0 Å². The third kappa shape index (κ3) is 5.02. The topological polar surface area (TPSA) is 131 Å². The molecule has 0 saturated carbocycles. The summed E-state index contributed by atoms with van der Waals surface area (Å²) in [5.74, 6) is -1.09. The van der Waals surface area contributed by atoms with Gasteiger partial charge in [-0.3, -0.25) is 18.8 Å². The largest absolute Gasteiger partial charge is 0.364 e. The number of amides is 3. The number of rotatable bonds is 6. The first-order valence-corrected chi connectivity index (χ1v) is 8.70. The van der Waals surface area contributed by atoms with Crippen LogP contribution < -0.4 is 16.4 Å². The molecule has 27 heavy (non-hydrogen) atoms. The van der Waals surface area contributed by atoms with Crippen molar-refractivity contribution in [2.45, 2.75) is 53.0 Å². The number of aromatic nitrogens is 3. The van der Waals surface area contributed by atoms with Crippen LogP contribution in [0.4, 0.5) is 0 Å². The maximum atomic E-state index is 12.1. The first kappa shape index (κ1) is 20.3. The first-order chi connectivity index (χ1) is 12.5. The van der Waals surface area contributed by atoms with Gasteiger partial charge in [-0.15, -0.1) is 0 Å². The molecule has 0 atom stereocenters. The Morgan fingerprint density at radius 3 is 2.44 bits per heavy atom. The number of hydrogen-bond donors (Lipinski definition) is 3. The predicted molar refractivity (Wildman–Crippen MR) is 100 cm³/mol. The molecule has 2 aromatic rings. The molecule has 0 fully saturated rings. The summed E-state index contributed by atoms with van der Waals surface area (Å²) in [5.41, 5.74) is 7.95. The van der Waals surface area contributed by atoms with Gasteiger partial charge >= 0.3 is 0 Å². The molecule has 0 aliphatic carbocycles. The Labute approximate surface area is 157 Å². The molecule has 0 aliphatic rings. The van der Waals surface area contributed by atoms with Crippen LogP contribution in [0.5, 0.6) is 0 Å². The van der Waals surface area contributed by atoms with Crippen molar-refractivity contribution in [3.8, 4) is 0 Å². The van der Waals surface area contributed by atoms with E-state index in [4.69, 9.17) is 5.73 Å². The van der Waals surface area contributed by atoms with Gasteiger partial charge in [-0.1, -0.05) is 0 Å². The standard InChI is InChI=1S/C18H26N6O3/c1-10-12(6-7-13(25)20-8-14(26)23-18(3,4)5)11(2)24-9-21-15(16(19)27)17(24)22-10/h9H,6-8H2,1-5H3,(H2,19,27)(H,20,25)(H,23,26). The molecule has 0 spiro atoms. The van der Waals surface area contributed by atoms with Crippen molar-refractivity contribution in [2.75, 3.05) is 6.54 Å². The SMILES string of the molecule is Cc1nc2c(C(N)=O)ncn2c(C)c1CCC(=O)NCC(=O)NC(C)(C)C. The Bertz CT molecular complexity index is 895. The summed E-state index contributed by atoms with van der Waals surface area (Å²) in [6, 6.07) is 0. The molecule has 4 N–H and O–H groups in total. The molecular weight excluding hydrogens is 348 g/mol. The van der Waals surface area contributed by atoms with Gasteiger partial charge in [-0.2, -0.15) is 0 Å². The summed E-state index contributed by atoms with van der Waals surface area (Å²) >= 11 is 0. The van der Waals surface area contributed by atoms with Crippen molar-refractivity contribution in [1.29, 1.82) is 0 Å². The number of primary amides is 1. The monoisotopic (exact) mass is 374 g/mol. The minimum absolute atomic E-state index is 0.0607. The second kappa shape index (κ2) is 7.73. The summed E-state index contributed by atoms with van der Waals surface area (Å²) in [6.45, 7) is 9.26. The van der Waals surface area contributed by atoms with Gasteiger partial charge in [0.1, 0.15) is 6.33 Å².